The molecule has 182 valence electrons. The van der Waals surface area contributed by atoms with Crippen molar-refractivity contribution in [2.24, 2.45) is 9.96 Å². The van der Waals surface area contributed by atoms with Crippen molar-refractivity contribution in [2.75, 3.05) is 0 Å². The minimum absolute atomic E-state index is 0.197. The smallest absolute Gasteiger partial charge is 0.217 e. The maximum atomic E-state index is 13.5. The Labute approximate surface area is 218 Å². The molecule has 0 saturated carbocycles. The Morgan fingerprint density at radius 3 is 1.41 bits per heavy atom. The minimum atomic E-state index is -3.88. The molecule has 5 rings (SSSR count). The van der Waals surface area contributed by atoms with Crippen LogP contribution in [0, 0.1) is 0 Å². The van der Waals surface area contributed by atoms with Crippen LogP contribution < -0.4 is 15.9 Å². The van der Waals surface area contributed by atoms with E-state index in [-0.39, 0.29) is 4.90 Å². The normalized spacial score (nSPS) is 11.9. The summed E-state index contributed by atoms with van der Waals surface area (Å²) >= 11 is 0. The molecular weight excluding hydrogens is 495 g/mol. The van der Waals surface area contributed by atoms with Gasteiger partial charge >= 0.3 is 0 Å². The Morgan fingerprint density at radius 1 is 0.514 bits per heavy atom. The first-order valence-electron chi connectivity index (χ1n) is 11.8. The van der Waals surface area contributed by atoms with Gasteiger partial charge in [-0.05, 0) is 11.6 Å². The molecule has 0 atom stereocenters. The van der Waals surface area contributed by atoms with Crippen molar-refractivity contribution >= 4 is 38.4 Å². The highest BCUT2D eigenvalue weighted by Gasteiger charge is 2.27. The van der Waals surface area contributed by atoms with Crippen LogP contribution in [0.15, 0.2) is 160 Å². The second-order valence-electron chi connectivity index (χ2n) is 8.36. The number of rotatable bonds is 7. The van der Waals surface area contributed by atoms with Gasteiger partial charge in [0.1, 0.15) is 5.55 Å². The topological polar surface area (TPSA) is 58.9 Å². The molecule has 0 N–H and O–H groups in total. The van der Waals surface area contributed by atoms with Crippen LogP contribution in [0.5, 0.6) is 0 Å². The van der Waals surface area contributed by atoms with E-state index in [0.29, 0.717) is 5.56 Å². The Kier molecular flexibility index (Phi) is 7.27. The predicted octanol–water partition coefficient (Wildman–Crippen LogP) is 6.25. The molecular formula is C31H25N2O2PS. The van der Waals surface area contributed by atoms with Crippen LogP contribution >= 0.6 is 7.05 Å². The van der Waals surface area contributed by atoms with Crippen molar-refractivity contribution in [3.63, 3.8) is 0 Å². The van der Waals surface area contributed by atoms with E-state index in [2.05, 4.69) is 5.10 Å². The standard InChI is InChI=1S/C31H25N2O2PS/c34-37(35,31-24-14-13-23-30(31)26-15-5-1-6-16-26)25-32-33-36(27-17-7-2-8-18-27,28-19-9-3-10-20-28)29-21-11-4-12-22-29/h1-25H/b32-25+. The molecule has 4 nitrogen and oxygen atoms in total. The van der Waals surface area contributed by atoms with Gasteiger partial charge in [-0.15, -0.1) is 5.10 Å². The lowest BCUT2D eigenvalue weighted by molar-refractivity contribution is 0.608. The van der Waals surface area contributed by atoms with Crippen LogP contribution in [0.2, 0.25) is 0 Å². The lowest BCUT2D eigenvalue weighted by Crippen LogP contribution is -2.25. The van der Waals surface area contributed by atoms with E-state index in [1.54, 1.807) is 12.1 Å². The van der Waals surface area contributed by atoms with E-state index < -0.39 is 16.9 Å². The first-order valence-corrected chi connectivity index (χ1v) is 15.1. The van der Waals surface area contributed by atoms with Crippen molar-refractivity contribution in [2.45, 2.75) is 4.90 Å². The van der Waals surface area contributed by atoms with Crippen LogP contribution in [-0.2, 0) is 9.84 Å². The molecule has 0 aliphatic heterocycles. The lowest BCUT2D eigenvalue weighted by Gasteiger charge is -2.25. The first-order chi connectivity index (χ1) is 18.1. The molecule has 0 saturated heterocycles. The van der Waals surface area contributed by atoms with Crippen molar-refractivity contribution in [3.8, 4) is 11.1 Å². The summed E-state index contributed by atoms with van der Waals surface area (Å²) in [5.74, 6) is 0. The number of hydrogen-bond donors (Lipinski definition) is 0. The molecule has 0 bridgehead atoms. The van der Waals surface area contributed by atoms with Gasteiger partial charge < -0.3 is 0 Å². The largest absolute Gasteiger partial charge is 0.219 e. The summed E-state index contributed by atoms with van der Waals surface area (Å²) in [4.78, 5) is 5.08. The zero-order chi connectivity index (χ0) is 25.6. The lowest BCUT2D eigenvalue weighted by atomic mass is 10.1. The molecule has 37 heavy (non-hydrogen) atoms. The summed E-state index contributed by atoms with van der Waals surface area (Å²) in [6, 6.07) is 46.4. The number of nitrogens with zero attached hydrogens (tertiary/aromatic N) is 2. The zero-order valence-corrected chi connectivity index (χ0v) is 21.7. The third-order valence-electron chi connectivity index (χ3n) is 6.04. The van der Waals surface area contributed by atoms with Gasteiger partial charge in [0.05, 0.1) is 11.9 Å². The van der Waals surface area contributed by atoms with Crippen LogP contribution in [0.4, 0.5) is 0 Å². The highest BCUT2D eigenvalue weighted by atomic mass is 32.2. The molecule has 0 spiro atoms. The third kappa shape index (κ3) is 5.10. The van der Waals surface area contributed by atoms with Crippen molar-refractivity contribution < 1.29 is 8.42 Å². The van der Waals surface area contributed by atoms with E-state index in [9.17, 15) is 8.42 Å². The summed E-state index contributed by atoms with van der Waals surface area (Å²) in [6.45, 7) is 0. The van der Waals surface area contributed by atoms with Gasteiger partial charge in [-0.25, -0.2) is 8.42 Å². The minimum Gasteiger partial charge on any atom is -0.217 e. The summed E-state index contributed by atoms with van der Waals surface area (Å²) < 4.78 is 27.0. The molecule has 0 radical (unpaired) electrons. The Balaban J connectivity index is 1.70. The predicted molar refractivity (Wildman–Crippen MR) is 155 cm³/mol. The summed E-state index contributed by atoms with van der Waals surface area (Å²) in [6.07, 6.45) is 0. The van der Waals surface area contributed by atoms with E-state index in [1.165, 1.54) is 0 Å². The Hall–Kier alpha value is -4.05. The average Bonchev–Trinajstić information content (AvgIpc) is 2.97. The van der Waals surface area contributed by atoms with Gasteiger partial charge in [0.25, 0.3) is 0 Å². The van der Waals surface area contributed by atoms with Crippen LogP contribution in [0.3, 0.4) is 0 Å². The molecule has 0 fully saturated rings. The van der Waals surface area contributed by atoms with Crippen LogP contribution in [0.1, 0.15) is 0 Å². The van der Waals surface area contributed by atoms with Crippen LogP contribution in [0.25, 0.3) is 11.1 Å². The van der Waals surface area contributed by atoms with Gasteiger partial charge in [-0.2, -0.15) is 4.85 Å². The van der Waals surface area contributed by atoms with E-state index in [4.69, 9.17) is 4.85 Å². The summed E-state index contributed by atoms with van der Waals surface area (Å²) in [7, 11) is -6.51. The molecule has 0 unspecified atom stereocenters. The molecule has 6 heteroatoms. The zero-order valence-electron chi connectivity index (χ0n) is 20.0. The SMILES string of the molecule is O=S(=O)(/C=N/N=P(c1ccccc1)(c1ccccc1)c1ccccc1)c1ccccc1-c1ccccc1. The van der Waals surface area contributed by atoms with Gasteiger partial charge in [0, 0.05) is 21.5 Å². The third-order valence-corrected chi connectivity index (χ3v) is 10.9. The van der Waals surface area contributed by atoms with E-state index >= 15 is 0 Å². The maximum absolute atomic E-state index is 13.5. The summed E-state index contributed by atoms with van der Waals surface area (Å²) in [5, 5.41) is 7.29. The van der Waals surface area contributed by atoms with Crippen LogP contribution in [-0.4, -0.2) is 14.0 Å². The van der Waals surface area contributed by atoms with Crippen molar-refractivity contribution in [1.82, 2.24) is 0 Å². The fourth-order valence-electron chi connectivity index (χ4n) is 4.32. The Morgan fingerprint density at radius 2 is 0.919 bits per heavy atom. The average molecular weight is 521 g/mol. The maximum Gasteiger partial charge on any atom is 0.219 e. The number of hydrogen-bond acceptors (Lipinski definition) is 3. The van der Waals surface area contributed by atoms with Gasteiger partial charge in [-0.1, -0.05) is 140 Å². The molecule has 0 aromatic heterocycles. The highest BCUT2D eigenvalue weighted by molar-refractivity contribution is 8.04. The first kappa shape index (κ1) is 24.6. The quantitative estimate of drug-likeness (QED) is 0.110. The second kappa shape index (κ2) is 10.9. The second-order valence-corrected chi connectivity index (χ2v) is 13.1. The molecule has 0 heterocycles. The molecule has 0 aliphatic rings. The fourth-order valence-corrected chi connectivity index (χ4v) is 8.66. The fraction of sp³-hybridized carbons (Fsp3) is 0. The van der Waals surface area contributed by atoms with Gasteiger partial charge in [0.15, 0.2) is 0 Å². The number of sulfone groups is 1. The monoisotopic (exact) mass is 520 g/mol. The molecule has 5 aromatic rings. The van der Waals surface area contributed by atoms with Crippen molar-refractivity contribution in [1.29, 1.82) is 0 Å². The molecule has 0 aliphatic carbocycles. The van der Waals surface area contributed by atoms with E-state index in [0.717, 1.165) is 27.0 Å². The van der Waals surface area contributed by atoms with E-state index in [1.807, 2.05) is 133 Å². The highest BCUT2D eigenvalue weighted by Crippen LogP contribution is 2.46. The molecule has 5 aromatic carbocycles. The molecule has 0 amide bonds. The van der Waals surface area contributed by atoms with Gasteiger partial charge in [0.2, 0.25) is 9.84 Å². The van der Waals surface area contributed by atoms with Crippen molar-refractivity contribution in [3.05, 3.63) is 146 Å². The number of benzene rings is 5. The van der Waals surface area contributed by atoms with Gasteiger partial charge in [-0.3, -0.25) is 0 Å². The Bertz CT molecular complexity index is 1570. The summed E-state index contributed by atoms with van der Waals surface area (Å²) in [5.41, 5.74) is 2.44.